The average Bonchev–Trinajstić information content (AvgIpc) is 2.56. The van der Waals surface area contributed by atoms with E-state index < -0.39 is 10.0 Å². The molecule has 0 aromatic heterocycles. The Morgan fingerprint density at radius 3 is 2.26 bits per heavy atom. The van der Waals surface area contributed by atoms with Crippen molar-refractivity contribution >= 4 is 33.5 Å². The summed E-state index contributed by atoms with van der Waals surface area (Å²) in [5, 5.41) is 0. The third-order valence-electron chi connectivity index (χ3n) is 3.30. The Morgan fingerprint density at radius 2 is 1.65 bits per heavy atom. The Bertz CT molecular complexity index is 711. The van der Waals surface area contributed by atoms with Gasteiger partial charge in [0.2, 0.25) is 10.0 Å². The molecule has 6 heteroatoms. The van der Waals surface area contributed by atoms with E-state index in [0.717, 1.165) is 16.4 Å². The van der Waals surface area contributed by atoms with Crippen molar-refractivity contribution in [1.29, 1.82) is 0 Å². The van der Waals surface area contributed by atoms with E-state index in [1.54, 1.807) is 35.7 Å². The Labute approximate surface area is 147 Å². The van der Waals surface area contributed by atoms with Crippen molar-refractivity contribution in [1.82, 2.24) is 4.72 Å². The summed E-state index contributed by atoms with van der Waals surface area (Å²) in [7, 11) is -3.41. The number of hydrogen-bond donors (Lipinski definition) is 1. The number of benzene rings is 2. The summed E-state index contributed by atoms with van der Waals surface area (Å²) in [6.07, 6.45) is 1.97. The molecule has 0 aliphatic heterocycles. The molecule has 0 unspecified atom stereocenters. The molecule has 0 saturated heterocycles. The fourth-order valence-corrected chi connectivity index (χ4v) is 4.35. The first kappa shape index (κ1) is 18.4. The van der Waals surface area contributed by atoms with Gasteiger partial charge in [-0.25, -0.2) is 13.1 Å². The molecule has 0 atom stereocenters. The van der Waals surface area contributed by atoms with Gasteiger partial charge in [0.15, 0.2) is 0 Å². The lowest BCUT2D eigenvalue weighted by molar-refractivity contribution is 0.584. The second kappa shape index (κ2) is 8.78. The van der Waals surface area contributed by atoms with Gasteiger partial charge in [-0.15, -0.1) is 11.8 Å². The summed E-state index contributed by atoms with van der Waals surface area (Å²) < 4.78 is 27.0. The number of thioether (sulfide) groups is 2. The molecule has 0 aliphatic carbocycles. The van der Waals surface area contributed by atoms with Crippen molar-refractivity contribution in [2.75, 3.05) is 18.6 Å². The number of sulfonamides is 1. The van der Waals surface area contributed by atoms with E-state index in [-0.39, 0.29) is 0 Å². The number of nitrogens with one attached hydrogen (secondary N) is 1. The molecule has 1 N–H and O–H groups in total. The zero-order valence-electron chi connectivity index (χ0n) is 13.3. The van der Waals surface area contributed by atoms with E-state index in [2.05, 4.69) is 35.9 Å². The third kappa shape index (κ3) is 5.88. The maximum absolute atomic E-state index is 12.2. The first-order chi connectivity index (χ1) is 11.0. The summed E-state index contributed by atoms with van der Waals surface area (Å²) in [4.78, 5) is 1.37. The molecule has 0 bridgehead atoms. The highest BCUT2D eigenvalue weighted by molar-refractivity contribution is 7.98. The SMILES string of the molecule is CSc1ccc(S(=O)(=O)NCCSCc2ccc(C)cc2)cc1. The van der Waals surface area contributed by atoms with Gasteiger partial charge in [0.1, 0.15) is 0 Å². The number of hydrogen-bond acceptors (Lipinski definition) is 4. The lowest BCUT2D eigenvalue weighted by Gasteiger charge is -2.07. The van der Waals surface area contributed by atoms with Crippen LogP contribution < -0.4 is 4.72 Å². The standard InChI is InChI=1S/C17H21NO2S3/c1-14-3-5-15(6-4-14)13-22-12-11-18-23(19,20)17-9-7-16(21-2)8-10-17/h3-10,18H,11-13H2,1-2H3. The summed E-state index contributed by atoms with van der Waals surface area (Å²) in [6, 6.07) is 15.4. The largest absolute Gasteiger partial charge is 0.240 e. The quantitative estimate of drug-likeness (QED) is 0.567. The fraction of sp³-hybridized carbons (Fsp3) is 0.294. The van der Waals surface area contributed by atoms with Crippen LogP contribution in [-0.2, 0) is 15.8 Å². The number of rotatable bonds is 8. The predicted molar refractivity (Wildman–Crippen MR) is 101 cm³/mol. The molecule has 0 spiro atoms. The minimum atomic E-state index is -3.41. The molecule has 0 fully saturated rings. The molecular formula is C17H21NO2S3. The Morgan fingerprint density at radius 1 is 1.00 bits per heavy atom. The van der Waals surface area contributed by atoms with Gasteiger partial charge in [-0.2, -0.15) is 11.8 Å². The van der Waals surface area contributed by atoms with E-state index in [1.165, 1.54) is 11.1 Å². The van der Waals surface area contributed by atoms with Crippen LogP contribution in [0.1, 0.15) is 11.1 Å². The molecule has 124 valence electrons. The molecule has 2 rings (SSSR count). The maximum atomic E-state index is 12.2. The Hall–Kier alpha value is -0.950. The highest BCUT2D eigenvalue weighted by Crippen LogP contribution is 2.17. The highest BCUT2D eigenvalue weighted by atomic mass is 32.2. The molecule has 0 amide bonds. The lowest BCUT2D eigenvalue weighted by Crippen LogP contribution is -2.26. The van der Waals surface area contributed by atoms with Gasteiger partial charge in [0.25, 0.3) is 0 Å². The Kier molecular flexibility index (Phi) is 7.02. The van der Waals surface area contributed by atoms with Gasteiger partial charge in [-0.05, 0) is 43.0 Å². The summed E-state index contributed by atoms with van der Waals surface area (Å²) in [6.45, 7) is 2.50. The van der Waals surface area contributed by atoms with Gasteiger partial charge >= 0.3 is 0 Å². The molecule has 3 nitrogen and oxygen atoms in total. The van der Waals surface area contributed by atoms with Crippen molar-refractivity contribution in [3.63, 3.8) is 0 Å². The Balaban J connectivity index is 1.77. The molecule has 0 radical (unpaired) electrons. The van der Waals surface area contributed by atoms with Crippen molar-refractivity contribution < 1.29 is 8.42 Å². The van der Waals surface area contributed by atoms with Crippen LogP contribution >= 0.6 is 23.5 Å². The zero-order chi connectivity index (χ0) is 16.7. The van der Waals surface area contributed by atoms with Crippen molar-refractivity contribution in [3.8, 4) is 0 Å². The van der Waals surface area contributed by atoms with Crippen molar-refractivity contribution in [3.05, 3.63) is 59.7 Å². The maximum Gasteiger partial charge on any atom is 0.240 e. The second-order valence-corrected chi connectivity index (χ2v) is 8.86. The monoisotopic (exact) mass is 367 g/mol. The summed E-state index contributed by atoms with van der Waals surface area (Å²) >= 11 is 3.32. The van der Waals surface area contributed by atoms with Gasteiger partial charge < -0.3 is 0 Å². The summed E-state index contributed by atoms with van der Waals surface area (Å²) in [5.74, 6) is 1.64. The van der Waals surface area contributed by atoms with Gasteiger partial charge in [-0.1, -0.05) is 29.8 Å². The van der Waals surface area contributed by atoms with E-state index >= 15 is 0 Å². The summed E-state index contributed by atoms with van der Waals surface area (Å²) in [5.41, 5.74) is 2.51. The van der Waals surface area contributed by atoms with Crippen molar-refractivity contribution in [2.45, 2.75) is 22.5 Å². The molecular weight excluding hydrogens is 346 g/mol. The van der Waals surface area contributed by atoms with E-state index in [0.29, 0.717) is 11.4 Å². The molecule has 2 aromatic rings. The zero-order valence-corrected chi connectivity index (χ0v) is 15.7. The first-order valence-electron chi connectivity index (χ1n) is 7.28. The first-order valence-corrected chi connectivity index (χ1v) is 11.1. The topological polar surface area (TPSA) is 46.2 Å². The fourth-order valence-electron chi connectivity index (χ4n) is 1.96. The van der Waals surface area contributed by atoms with E-state index in [9.17, 15) is 8.42 Å². The normalized spacial score (nSPS) is 11.6. The average molecular weight is 368 g/mol. The molecule has 0 saturated carbocycles. The second-order valence-electron chi connectivity index (χ2n) is 5.11. The van der Waals surface area contributed by atoms with Crippen LogP contribution in [0, 0.1) is 6.92 Å². The minimum absolute atomic E-state index is 0.318. The van der Waals surface area contributed by atoms with Crippen LogP contribution in [0.3, 0.4) is 0 Å². The van der Waals surface area contributed by atoms with Gasteiger partial charge in [0, 0.05) is 22.9 Å². The van der Waals surface area contributed by atoms with Crippen LogP contribution in [0.2, 0.25) is 0 Å². The van der Waals surface area contributed by atoms with Crippen LogP contribution in [0.15, 0.2) is 58.3 Å². The molecule has 0 aliphatic rings. The van der Waals surface area contributed by atoms with E-state index in [4.69, 9.17) is 0 Å². The third-order valence-corrected chi connectivity index (χ3v) is 6.55. The highest BCUT2D eigenvalue weighted by Gasteiger charge is 2.12. The minimum Gasteiger partial charge on any atom is -0.210 e. The molecule has 23 heavy (non-hydrogen) atoms. The van der Waals surface area contributed by atoms with Crippen LogP contribution in [-0.4, -0.2) is 27.0 Å². The van der Waals surface area contributed by atoms with Crippen molar-refractivity contribution in [2.24, 2.45) is 0 Å². The van der Waals surface area contributed by atoms with Gasteiger partial charge in [0.05, 0.1) is 4.90 Å². The van der Waals surface area contributed by atoms with Crippen LogP contribution in [0.25, 0.3) is 0 Å². The van der Waals surface area contributed by atoms with Gasteiger partial charge in [-0.3, -0.25) is 0 Å². The van der Waals surface area contributed by atoms with E-state index in [1.807, 2.05) is 18.4 Å². The van der Waals surface area contributed by atoms with Crippen LogP contribution in [0.4, 0.5) is 0 Å². The molecule has 0 heterocycles. The number of aryl methyl sites for hydroxylation is 1. The predicted octanol–water partition coefficient (Wildman–Crippen LogP) is 3.93. The van der Waals surface area contributed by atoms with Crippen LogP contribution in [0.5, 0.6) is 0 Å². The smallest absolute Gasteiger partial charge is 0.210 e. The lowest BCUT2D eigenvalue weighted by atomic mass is 10.2. The molecule has 2 aromatic carbocycles.